The van der Waals surface area contributed by atoms with Gasteiger partial charge in [-0.1, -0.05) is 66.7 Å². The molecule has 0 heterocycles. The van der Waals surface area contributed by atoms with Crippen molar-refractivity contribution in [1.29, 1.82) is 0 Å². The van der Waals surface area contributed by atoms with E-state index in [0.717, 1.165) is 37.7 Å². The predicted octanol–water partition coefficient (Wildman–Crippen LogP) is 5.73. The molecule has 0 radical (unpaired) electrons. The molecule has 0 aromatic heterocycles. The molecule has 0 N–H and O–H groups in total. The summed E-state index contributed by atoms with van der Waals surface area (Å²) in [6.07, 6.45) is 0. The molecule has 136 valence electrons. The molecular weight excluding hydrogens is 348 g/mol. The van der Waals surface area contributed by atoms with E-state index in [9.17, 15) is 9.59 Å². The fraction of sp³-hybridized carbons (Fsp3) is 0.120. The largest absolute Gasteiger partial charge is 0.468 e. The lowest BCUT2D eigenvalue weighted by Gasteiger charge is -2.17. The number of carbonyl (C=O) groups excluding carboxylic acids is 2. The highest BCUT2D eigenvalue weighted by Crippen LogP contribution is 2.41. The summed E-state index contributed by atoms with van der Waals surface area (Å²) in [7, 11) is 1.31. The van der Waals surface area contributed by atoms with Gasteiger partial charge < -0.3 is 4.74 Å². The molecule has 1 unspecified atom stereocenters. The zero-order valence-corrected chi connectivity index (χ0v) is 15.7. The maximum absolute atomic E-state index is 13.2. The molecule has 0 aliphatic heterocycles. The zero-order valence-electron chi connectivity index (χ0n) is 15.7. The molecule has 0 fully saturated rings. The fourth-order valence-electron chi connectivity index (χ4n) is 4.38. The van der Waals surface area contributed by atoms with Gasteiger partial charge in [-0.2, -0.15) is 0 Å². The molecule has 5 aromatic rings. The Kier molecular flexibility index (Phi) is 3.59. The number of methoxy groups -OCH3 is 1. The van der Waals surface area contributed by atoms with Gasteiger partial charge in [-0.3, -0.25) is 9.59 Å². The smallest absolute Gasteiger partial charge is 0.316 e. The quantitative estimate of drug-likeness (QED) is 0.135. The summed E-state index contributed by atoms with van der Waals surface area (Å²) < 4.78 is 4.81. The summed E-state index contributed by atoms with van der Waals surface area (Å²) in [6.45, 7) is 1.61. The zero-order chi connectivity index (χ0) is 19.4. The van der Waals surface area contributed by atoms with Crippen molar-refractivity contribution in [3.63, 3.8) is 0 Å². The van der Waals surface area contributed by atoms with Gasteiger partial charge in [0.15, 0.2) is 5.78 Å². The van der Waals surface area contributed by atoms with Crippen LogP contribution in [0.1, 0.15) is 17.3 Å². The molecule has 1 atom stereocenters. The molecule has 5 aromatic carbocycles. The van der Waals surface area contributed by atoms with Crippen LogP contribution in [0.25, 0.3) is 43.1 Å². The first-order valence-electron chi connectivity index (χ1n) is 9.32. The Hall–Kier alpha value is -3.46. The van der Waals surface area contributed by atoms with Crippen LogP contribution < -0.4 is 0 Å². The number of hydrogen-bond donors (Lipinski definition) is 0. The Bertz CT molecular complexity index is 1390. The van der Waals surface area contributed by atoms with Crippen LogP contribution in [0.3, 0.4) is 0 Å². The standard InChI is InChI=1S/C25H18O3/c1-14(25(27)28-2)24(26)20-13-12-16-8-4-10-18-17-9-3-6-15-7-5-11-19(21(15)17)23(20)22(16)18/h3-14H,1-2H3. The summed E-state index contributed by atoms with van der Waals surface area (Å²) in [5.74, 6) is -1.57. The van der Waals surface area contributed by atoms with E-state index in [0.29, 0.717) is 5.56 Å². The van der Waals surface area contributed by atoms with Gasteiger partial charge in [0.05, 0.1) is 7.11 Å². The van der Waals surface area contributed by atoms with Gasteiger partial charge in [-0.15, -0.1) is 0 Å². The highest BCUT2D eigenvalue weighted by Gasteiger charge is 2.26. The highest BCUT2D eigenvalue weighted by molar-refractivity contribution is 6.36. The van der Waals surface area contributed by atoms with E-state index >= 15 is 0 Å². The molecule has 28 heavy (non-hydrogen) atoms. The number of hydrogen-bond acceptors (Lipinski definition) is 3. The lowest BCUT2D eigenvalue weighted by atomic mass is 9.85. The van der Waals surface area contributed by atoms with E-state index in [2.05, 4.69) is 42.5 Å². The number of rotatable bonds is 3. The third kappa shape index (κ3) is 2.16. The molecule has 5 rings (SSSR count). The second-order valence-electron chi connectivity index (χ2n) is 7.21. The molecule has 0 bridgehead atoms. The number of fused-ring (bicyclic) bond motifs is 2. The van der Waals surface area contributed by atoms with Crippen LogP contribution in [-0.2, 0) is 9.53 Å². The van der Waals surface area contributed by atoms with Crippen LogP contribution >= 0.6 is 0 Å². The van der Waals surface area contributed by atoms with Crippen LogP contribution in [-0.4, -0.2) is 18.9 Å². The molecule has 0 saturated carbocycles. The van der Waals surface area contributed by atoms with Gasteiger partial charge in [0.25, 0.3) is 0 Å². The van der Waals surface area contributed by atoms with Gasteiger partial charge in [-0.25, -0.2) is 0 Å². The first-order valence-corrected chi connectivity index (χ1v) is 9.32. The average Bonchev–Trinajstić information content (AvgIpc) is 2.75. The van der Waals surface area contributed by atoms with E-state index in [1.165, 1.54) is 12.5 Å². The Morgan fingerprint density at radius 3 is 1.93 bits per heavy atom. The maximum Gasteiger partial charge on any atom is 0.316 e. The van der Waals surface area contributed by atoms with Crippen molar-refractivity contribution in [2.75, 3.05) is 7.11 Å². The van der Waals surface area contributed by atoms with Gasteiger partial charge in [-0.05, 0) is 44.6 Å². The van der Waals surface area contributed by atoms with E-state index in [1.807, 2.05) is 24.3 Å². The first kappa shape index (κ1) is 16.7. The summed E-state index contributed by atoms with van der Waals surface area (Å²) in [5, 5.41) is 8.69. The van der Waals surface area contributed by atoms with Crippen LogP contribution in [0.5, 0.6) is 0 Å². The third-order valence-corrected chi connectivity index (χ3v) is 5.72. The number of benzene rings is 5. The lowest BCUT2D eigenvalue weighted by Crippen LogP contribution is -2.22. The van der Waals surface area contributed by atoms with Crippen molar-refractivity contribution < 1.29 is 14.3 Å². The van der Waals surface area contributed by atoms with Crippen LogP contribution in [0.15, 0.2) is 66.7 Å². The topological polar surface area (TPSA) is 43.4 Å². The number of ketones is 1. The molecule has 0 spiro atoms. The SMILES string of the molecule is COC(=O)C(C)C(=O)c1ccc2cccc3c4cccc5cccc(c1c23)c54. The Morgan fingerprint density at radius 1 is 0.714 bits per heavy atom. The third-order valence-electron chi connectivity index (χ3n) is 5.72. The van der Waals surface area contributed by atoms with Crippen molar-refractivity contribution in [3.05, 3.63) is 72.3 Å². The molecular formula is C25H18O3. The monoisotopic (exact) mass is 366 g/mol. The fourth-order valence-corrected chi connectivity index (χ4v) is 4.38. The summed E-state index contributed by atoms with van der Waals surface area (Å²) >= 11 is 0. The second kappa shape index (κ2) is 6.03. The minimum Gasteiger partial charge on any atom is -0.468 e. The Labute approximate surface area is 161 Å². The molecule has 3 nitrogen and oxygen atoms in total. The van der Waals surface area contributed by atoms with Gasteiger partial charge in [0, 0.05) is 10.9 Å². The molecule has 3 heteroatoms. The van der Waals surface area contributed by atoms with Crippen molar-refractivity contribution >= 4 is 54.8 Å². The normalized spacial score (nSPS) is 12.8. The number of esters is 1. The number of ether oxygens (including phenoxy) is 1. The van der Waals surface area contributed by atoms with E-state index < -0.39 is 11.9 Å². The molecule has 0 saturated heterocycles. The molecule has 0 aliphatic carbocycles. The van der Waals surface area contributed by atoms with Crippen molar-refractivity contribution in [3.8, 4) is 0 Å². The second-order valence-corrected chi connectivity index (χ2v) is 7.21. The van der Waals surface area contributed by atoms with Crippen molar-refractivity contribution in [1.82, 2.24) is 0 Å². The first-order chi connectivity index (χ1) is 13.6. The lowest BCUT2D eigenvalue weighted by molar-refractivity contribution is -0.143. The molecule has 0 aliphatic rings. The van der Waals surface area contributed by atoms with Crippen molar-refractivity contribution in [2.45, 2.75) is 6.92 Å². The molecule has 0 amide bonds. The maximum atomic E-state index is 13.2. The summed E-state index contributed by atoms with van der Waals surface area (Å²) in [6, 6.07) is 22.5. The Balaban J connectivity index is 2.00. The predicted molar refractivity (Wildman–Crippen MR) is 113 cm³/mol. The van der Waals surface area contributed by atoms with Crippen LogP contribution in [0.2, 0.25) is 0 Å². The summed E-state index contributed by atoms with van der Waals surface area (Å²) in [5.41, 5.74) is 0.569. The summed E-state index contributed by atoms with van der Waals surface area (Å²) in [4.78, 5) is 25.3. The minimum atomic E-state index is -0.845. The highest BCUT2D eigenvalue weighted by atomic mass is 16.5. The van der Waals surface area contributed by atoms with E-state index in [-0.39, 0.29) is 5.78 Å². The van der Waals surface area contributed by atoms with Crippen LogP contribution in [0, 0.1) is 5.92 Å². The van der Waals surface area contributed by atoms with Gasteiger partial charge in [0.2, 0.25) is 0 Å². The number of carbonyl (C=O) groups is 2. The van der Waals surface area contributed by atoms with Gasteiger partial charge in [0.1, 0.15) is 5.92 Å². The minimum absolute atomic E-state index is 0.213. The van der Waals surface area contributed by atoms with Crippen molar-refractivity contribution in [2.24, 2.45) is 5.92 Å². The number of Topliss-reactive ketones (excluding diaryl/α,β-unsaturated/α-hetero) is 1. The van der Waals surface area contributed by atoms with Crippen LogP contribution in [0.4, 0.5) is 0 Å². The van der Waals surface area contributed by atoms with E-state index in [1.54, 1.807) is 6.92 Å². The average molecular weight is 366 g/mol. The van der Waals surface area contributed by atoms with E-state index in [4.69, 9.17) is 4.74 Å². The Morgan fingerprint density at radius 2 is 1.29 bits per heavy atom. The van der Waals surface area contributed by atoms with Gasteiger partial charge >= 0.3 is 5.97 Å².